The van der Waals surface area contributed by atoms with Crippen molar-refractivity contribution in [2.24, 2.45) is 0 Å². The number of carbonyl (C=O) groups is 1. The molecule has 0 aromatic carbocycles. The number of aromatic carboxylic acids is 1. The second-order valence-corrected chi connectivity index (χ2v) is 5.27. The van der Waals surface area contributed by atoms with Crippen molar-refractivity contribution in [2.45, 2.75) is 6.92 Å². The van der Waals surface area contributed by atoms with Gasteiger partial charge in [0.2, 0.25) is 5.13 Å². The molecule has 0 radical (unpaired) electrons. The van der Waals surface area contributed by atoms with Crippen molar-refractivity contribution in [1.82, 2.24) is 19.1 Å². The first kappa shape index (κ1) is 12.0. The highest BCUT2D eigenvalue weighted by Gasteiger charge is 2.19. The zero-order chi connectivity index (χ0) is 13.4. The van der Waals surface area contributed by atoms with E-state index in [9.17, 15) is 4.79 Å². The highest BCUT2D eigenvalue weighted by atomic mass is 32.1. The van der Waals surface area contributed by atoms with Crippen molar-refractivity contribution in [3.05, 3.63) is 34.5 Å². The Kier molecular flexibility index (Phi) is 2.88. The molecule has 1 N–H and O–H groups in total. The van der Waals surface area contributed by atoms with Crippen LogP contribution in [0, 0.1) is 6.92 Å². The Bertz CT molecular complexity index is 730. The summed E-state index contributed by atoms with van der Waals surface area (Å²) >= 11 is 2.59. The summed E-state index contributed by atoms with van der Waals surface area (Å²) < 4.78 is 5.55. The smallest absolute Gasteiger partial charge is 0.356 e. The van der Waals surface area contributed by atoms with E-state index >= 15 is 0 Å². The molecule has 8 heteroatoms. The maximum absolute atomic E-state index is 11.1. The van der Waals surface area contributed by atoms with Gasteiger partial charge in [0.25, 0.3) is 0 Å². The van der Waals surface area contributed by atoms with Crippen LogP contribution in [-0.2, 0) is 0 Å². The van der Waals surface area contributed by atoms with E-state index < -0.39 is 5.97 Å². The lowest BCUT2D eigenvalue weighted by atomic mass is 10.1. The minimum absolute atomic E-state index is 0.0618. The first-order valence-corrected chi connectivity index (χ1v) is 7.02. The monoisotopic (exact) mass is 292 g/mol. The molecule has 96 valence electrons. The van der Waals surface area contributed by atoms with Crippen molar-refractivity contribution in [1.29, 1.82) is 0 Å². The molecule has 6 nitrogen and oxygen atoms in total. The minimum Gasteiger partial charge on any atom is -0.476 e. The third-order valence-corrected chi connectivity index (χ3v) is 3.97. The van der Waals surface area contributed by atoms with E-state index in [4.69, 9.17) is 5.11 Å². The number of hydrogen-bond acceptors (Lipinski definition) is 6. The fourth-order valence-electron chi connectivity index (χ4n) is 1.73. The van der Waals surface area contributed by atoms with Crippen LogP contribution < -0.4 is 0 Å². The summed E-state index contributed by atoms with van der Waals surface area (Å²) in [5.41, 5.74) is 2.17. The van der Waals surface area contributed by atoms with Gasteiger partial charge in [-0.2, -0.15) is 9.47 Å². The predicted molar refractivity (Wildman–Crippen MR) is 72.0 cm³/mol. The van der Waals surface area contributed by atoms with Crippen molar-refractivity contribution in [2.75, 3.05) is 0 Å². The lowest BCUT2D eigenvalue weighted by Gasteiger charge is -1.95. The molecular weight excluding hydrogens is 284 g/mol. The van der Waals surface area contributed by atoms with Crippen molar-refractivity contribution >= 4 is 28.8 Å². The second-order valence-electron chi connectivity index (χ2n) is 3.77. The molecule has 3 rings (SSSR count). The van der Waals surface area contributed by atoms with Crippen LogP contribution in [0.2, 0.25) is 0 Å². The van der Waals surface area contributed by atoms with Gasteiger partial charge in [-0.15, -0.1) is 11.3 Å². The summed E-state index contributed by atoms with van der Waals surface area (Å²) in [6, 6.07) is 0. The number of nitrogens with zero attached hydrogens (tertiary/aromatic N) is 4. The lowest BCUT2D eigenvalue weighted by Crippen LogP contribution is -1.98. The number of hydrogen-bond donors (Lipinski definition) is 1. The molecule has 0 aliphatic rings. The fraction of sp³-hybridized carbons (Fsp3) is 0.0909. The normalized spacial score (nSPS) is 10.8. The van der Waals surface area contributed by atoms with Crippen LogP contribution in [0.1, 0.15) is 16.2 Å². The van der Waals surface area contributed by atoms with Gasteiger partial charge in [-0.25, -0.2) is 14.5 Å². The van der Waals surface area contributed by atoms with Gasteiger partial charge < -0.3 is 5.11 Å². The van der Waals surface area contributed by atoms with Gasteiger partial charge in [-0.1, -0.05) is 0 Å². The molecule has 3 heterocycles. The zero-order valence-electron chi connectivity index (χ0n) is 9.77. The average molecular weight is 292 g/mol. The maximum atomic E-state index is 11.1. The molecule has 0 spiro atoms. The summed E-state index contributed by atoms with van der Waals surface area (Å²) in [6.45, 7) is 1.84. The first-order valence-electron chi connectivity index (χ1n) is 5.31. The molecule has 0 unspecified atom stereocenters. The molecule has 0 amide bonds. The molecule has 0 saturated heterocycles. The van der Waals surface area contributed by atoms with Gasteiger partial charge in [0.1, 0.15) is 0 Å². The van der Waals surface area contributed by atoms with Gasteiger partial charge in [0.05, 0.1) is 5.69 Å². The molecule has 0 aliphatic carbocycles. The van der Waals surface area contributed by atoms with Crippen molar-refractivity contribution < 1.29 is 9.90 Å². The second kappa shape index (κ2) is 4.56. The highest BCUT2D eigenvalue weighted by molar-refractivity contribution is 7.12. The Morgan fingerprint density at radius 2 is 2.26 bits per heavy atom. The van der Waals surface area contributed by atoms with E-state index in [1.165, 1.54) is 11.3 Å². The molecule has 0 atom stereocenters. The molecule has 0 fully saturated rings. The number of rotatable bonds is 3. The standard InChI is InChI=1S/C11H8N4O2S2/c1-6-7(8-5-19-14-9(8)10(16)17)4-15(13-6)11-12-2-3-18-11/h2-5H,1H3,(H,16,17). The summed E-state index contributed by atoms with van der Waals surface area (Å²) in [7, 11) is 0. The van der Waals surface area contributed by atoms with Crippen LogP contribution in [0.5, 0.6) is 0 Å². The summed E-state index contributed by atoms with van der Waals surface area (Å²) in [4.78, 5) is 15.3. The van der Waals surface area contributed by atoms with E-state index in [-0.39, 0.29) is 5.69 Å². The summed E-state index contributed by atoms with van der Waals surface area (Å²) in [6.07, 6.45) is 3.48. The molecule has 0 aliphatic heterocycles. The highest BCUT2D eigenvalue weighted by Crippen LogP contribution is 2.28. The van der Waals surface area contributed by atoms with Gasteiger partial charge in [-0.05, 0) is 18.5 Å². The van der Waals surface area contributed by atoms with Crippen LogP contribution >= 0.6 is 22.9 Å². The Labute approximate surface area is 116 Å². The maximum Gasteiger partial charge on any atom is 0.356 e. The Morgan fingerprint density at radius 1 is 1.42 bits per heavy atom. The molecule has 0 saturated carbocycles. The fourth-order valence-corrected chi connectivity index (χ4v) is 2.98. The van der Waals surface area contributed by atoms with Crippen LogP contribution in [0.4, 0.5) is 0 Å². The lowest BCUT2D eigenvalue weighted by molar-refractivity contribution is 0.0693. The minimum atomic E-state index is -1.03. The summed E-state index contributed by atoms with van der Waals surface area (Å²) in [5.74, 6) is -1.03. The average Bonchev–Trinajstić information content (AvgIpc) is 3.07. The molecular formula is C11H8N4O2S2. The van der Waals surface area contributed by atoms with E-state index in [0.717, 1.165) is 27.9 Å². The molecule has 3 aromatic rings. The predicted octanol–water partition coefficient (Wildman–Crippen LogP) is 2.46. The summed E-state index contributed by atoms with van der Waals surface area (Å²) in [5, 5.41) is 17.8. The van der Waals surface area contributed by atoms with Gasteiger partial charge >= 0.3 is 5.97 Å². The first-order chi connectivity index (χ1) is 9.16. The van der Waals surface area contributed by atoms with Crippen molar-refractivity contribution in [3.8, 4) is 16.3 Å². The van der Waals surface area contributed by atoms with Crippen LogP contribution in [0.3, 0.4) is 0 Å². The van der Waals surface area contributed by atoms with Crippen LogP contribution in [0.15, 0.2) is 23.2 Å². The third-order valence-electron chi connectivity index (χ3n) is 2.58. The van der Waals surface area contributed by atoms with Gasteiger partial charge in [0, 0.05) is 34.3 Å². The Balaban J connectivity index is 2.11. The van der Waals surface area contributed by atoms with Gasteiger partial charge in [0.15, 0.2) is 5.69 Å². The number of thiazole rings is 1. The Hall–Kier alpha value is -2.06. The Morgan fingerprint density at radius 3 is 2.95 bits per heavy atom. The van der Waals surface area contributed by atoms with Gasteiger partial charge in [-0.3, -0.25) is 0 Å². The largest absolute Gasteiger partial charge is 0.476 e. The zero-order valence-corrected chi connectivity index (χ0v) is 11.4. The quantitative estimate of drug-likeness (QED) is 0.802. The van der Waals surface area contributed by atoms with E-state index in [0.29, 0.717) is 5.56 Å². The topological polar surface area (TPSA) is 80.9 Å². The van der Waals surface area contributed by atoms with Crippen molar-refractivity contribution in [3.63, 3.8) is 0 Å². The number of aromatic nitrogens is 4. The number of aryl methyl sites for hydroxylation is 1. The third kappa shape index (κ3) is 2.04. The molecule has 3 aromatic heterocycles. The van der Waals surface area contributed by atoms with Crippen LogP contribution in [0.25, 0.3) is 16.3 Å². The SMILES string of the molecule is Cc1nn(-c2nccs2)cc1-c1csnc1C(=O)O. The molecule has 0 bridgehead atoms. The van der Waals surface area contributed by atoms with Crippen LogP contribution in [-0.4, -0.2) is 30.2 Å². The van der Waals surface area contributed by atoms with E-state index in [2.05, 4.69) is 14.5 Å². The number of carboxylic acids is 1. The van der Waals surface area contributed by atoms with E-state index in [1.54, 1.807) is 22.5 Å². The molecule has 19 heavy (non-hydrogen) atoms. The van der Waals surface area contributed by atoms with E-state index in [1.807, 2.05) is 12.3 Å². The number of carboxylic acid groups (broad SMARTS) is 1.